The molecule has 3 N–H and O–H groups in total. The highest BCUT2D eigenvalue weighted by atomic mass is 32.2. The Bertz CT molecular complexity index is 343. The number of aliphatic hydroxyl groups is 1. The minimum absolute atomic E-state index is 0.0304. The summed E-state index contributed by atoms with van der Waals surface area (Å²) in [5.41, 5.74) is -1.12. The van der Waals surface area contributed by atoms with Crippen LogP contribution in [0.15, 0.2) is 10.3 Å². The van der Waals surface area contributed by atoms with Crippen LogP contribution >= 0.6 is 11.3 Å². The van der Waals surface area contributed by atoms with Crippen LogP contribution in [0.5, 0.6) is 0 Å². The number of hydrogen-bond donors (Lipinski definition) is 2. The van der Waals surface area contributed by atoms with Gasteiger partial charge in [0, 0.05) is 4.88 Å². The van der Waals surface area contributed by atoms with E-state index in [1.807, 2.05) is 0 Å². The van der Waals surface area contributed by atoms with Crippen LogP contribution < -0.4 is 5.14 Å². The van der Waals surface area contributed by atoms with Crippen LogP contribution in [0.1, 0.15) is 18.7 Å². The minimum atomic E-state index is -1.82. The Morgan fingerprint density at radius 1 is 1.69 bits per heavy atom. The van der Waals surface area contributed by atoms with Crippen LogP contribution in [0, 0.1) is 5.82 Å². The molecule has 0 amide bonds. The first-order chi connectivity index (χ1) is 5.82. The van der Waals surface area contributed by atoms with Gasteiger partial charge in [-0.25, -0.2) is 13.7 Å². The lowest BCUT2D eigenvalue weighted by Gasteiger charge is -2.13. The third-order valence-electron chi connectivity index (χ3n) is 1.44. The smallest absolute Gasteiger partial charge is 0.151 e. The predicted molar refractivity (Wildman–Crippen MR) is 50.1 cm³/mol. The molecule has 0 fully saturated rings. The fourth-order valence-corrected chi connectivity index (χ4v) is 2.41. The van der Waals surface area contributed by atoms with E-state index in [0.29, 0.717) is 4.88 Å². The number of halogens is 1. The van der Waals surface area contributed by atoms with Gasteiger partial charge in [-0.15, -0.1) is 11.3 Å². The summed E-state index contributed by atoms with van der Waals surface area (Å²) in [5, 5.41) is 14.5. The van der Waals surface area contributed by atoms with Gasteiger partial charge in [0.1, 0.15) is 15.2 Å². The highest BCUT2D eigenvalue weighted by Crippen LogP contribution is 2.31. The van der Waals surface area contributed by atoms with Crippen LogP contribution in [0.4, 0.5) is 4.39 Å². The number of hydrogen-bond acceptors (Lipinski definition) is 3. The van der Waals surface area contributed by atoms with Crippen molar-refractivity contribution in [3.8, 4) is 0 Å². The van der Waals surface area contributed by atoms with E-state index in [1.165, 1.54) is 13.8 Å². The van der Waals surface area contributed by atoms with Crippen molar-refractivity contribution >= 4 is 22.3 Å². The Labute approximate surface area is 82.0 Å². The Balaban J connectivity index is 3.17. The van der Waals surface area contributed by atoms with Gasteiger partial charge in [-0.05, 0) is 19.9 Å². The summed E-state index contributed by atoms with van der Waals surface area (Å²) >= 11 is 0.924. The molecular formula is C7H10FNO2S2. The van der Waals surface area contributed by atoms with Gasteiger partial charge in [0.25, 0.3) is 0 Å². The SMILES string of the molecule is CC(C)(O)c1cc(F)c(S(N)=O)s1. The first-order valence-electron chi connectivity index (χ1n) is 3.50. The van der Waals surface area contributed by atoms with Crippen LogP contribution in [-0.2, 0) is 16.6 Å². The third kappa shape index (κ3) is 2.34. The molecule has 1 aromatic rings. The molecule has 0 aromatic carbocycles. The highest BCUT2D eigenvalue weighted by molar-refractivity contribution is 7.85. The van der Waals surface area contributed by atoms with E-state index >= 15 is 0 Å². The van der Waals surface area contributed by atoms with E-state index in [2.05, 4.69) is 0 Å². The third-order valence-corrected chi connectivity index (χ3v) is 3.96. The zero-order valence-corrected chi connectivity index (χ0v) is 8.84. The average Bonchev–Trinajstić information content (AvgIpc) is 2.29. The fraction of sp³-hybridized carbons (Fsp3) is 0.429. The van der Waals surface area contributed by atoms with E-state index in [1.54, 1.807) is 0 Å². The Morgan fingerprint density at radius 3 is 2.46 bits per heavy atom. The quantitative estimate of drug-likeness (QED) is 0.788. The van der Waals surface area contributed by atoms with Gasteiger partial charge in [-0.3, -0.25) is 0 Å². The lowest BCUT2D eigenvalue weighted by Crippen LogP contribution is -2.12. The normalized spacial score (nSPS) is 14.5. The van der Waals surface area contributed by atoms with Gasteiger partial charge < -0.3 is 5.11 Å². The molecule has 1 unspecified atom stereocenters. The molecule has 6 heteroatoms. The summed E-state index contributed by atoms with van der Waals surface area (Å²) in [5.74, 6) is -0.622. The maximum atomic E-state index is 13.0. The molecule has 0 aliphatic rings. The molecule has 13 heavy (non-hydrogen) atoms. The van der Waals surface area contributed by atoms with Crippen LogP contribution in [0.2, 0.25) is 0 Å². The Morgan fingerprint density at radius 2 is 2.23 bits per heavy atom. The highest BCUT2D eigenvalue weighted by Gasteiger charge is 2.22. The van der Waals surface area contributed by atoms with Gasteiger partial charge in [0.15, 0.2) is 5.82 Å². The Hall–Kier alpha value is -0.300. The standard InChI is InChI=1S/C7H10FNO2S2/c1-7(2,10)5-3-4(8)6(12-5)13(9)11/h3,10H,9H2,1-2H3. The summed E-state index contributed by atoms with van der Waals surface area (Å²) in [6.07, 6.45) is 0. The molecule has 0 saturated heterocycles. The zero-order chi connectivity index (χ0) is 10.2. The summed E-state index contributed by atoms with van der Waals surface area (Å²) in [6.45, 7) is 3.06. The van der Waals surface area contributed by atoms with Gasteiger partial charge in [0.05, 0.1) is 5.60 Å². The topological polar surface area (TPSA) is 63.3 Å². The first-order valence-corrected chi connectivity index (χ1v) is 5.53. The van der Waals surface area contributed by atoms with Crippen molar-refractivity contribution in [2.45, 2.75) is 23.7 Å². The van der Waals surface area contributed by atoms with E-state index in [9.17, 15) is 13.7 Å². The summed E-state index contributed by atoms with van der Waals surface area (Å²) < 4.78 is 23.8. The van der Waals surface area contributed by atoms with Crippen LogP contribution in [-0.4, -0.2) is 9.32 Å². The van der Waals surface area contributed by atoms with Crippen molar-refractivity contribution in [2.24, 2.45) is 5.14 Å². The molecule has 0 aliphatic carbocycles. The van der Waals surface area contributed by atoms with Crippen molar-refractivity contribution in [1.29, 1.82) is 0 Å². The van der Waals surface area contributed by atoms with Gasteiger partial charge >= 0.3 is 0 Å². The number of rotatable bonds is 2. The van der Waals surface area contributed by atoms with Crippen LogP contribution in [0.25, 0.3) is 0 Å². The van der Waals surface area contributed by atoms with Crippen molar-refractivity contribution in [1.82, 2.24) is 0 Å². The van der Waals surface area contributed by atoms with Gasteiger partial charge in [0.2, 0.25) is 0 Å². The van der Waals surface area contributed by atoms with Crippen molar-refractivity contribution in [2.75, 3.05) is 0 Å². The molecule has 1 aromatic heterocycles. The summed E-state index contributed by atoms with van der Waals surface area (Å²) in [6, 6.07) is 1.16. The second-order valence-corrected chi connectivity index (χ2v) is 5.42. The second-order valence-electron chi connectivity index (χ2n) is 3.10. The maximum Gasteiger partial charge on any atom is 0.151 e. The van der Waals surface area contributed by atoms with E-state index in [-0.39, 0.29) is 4.21 Å². The molecule has 0 radical (unpaired) electrons. The van der Waals surface area contributed by atoms with Gasteiger partial charge in [-0.2, -0.15) is 0 Å². The van der Waals surface area contributed by atoms with Crippen molar-refractivity contribution in [3.63, 3.8) is 0 Å². The van der Waals surface area contributed by atoms with Crippen molar-refractivity contribution < 1.29 is 13.7 Å². The molecule has 0 saturated carbocycles. The van der Waals surface area contributed by atoms with Crippen molar-refractivity contribution in [3.05, 3.63) is 16.8 Å². The molecule has 0 aliphatic heterocycles. The lowest BCUT2D eigenvalue weighted by molar-refractivity contribution is 0.0823. The molecule has 0 spiro atoms. The molecule has 1 atom stereocenters. The van der Waals surface area contributed by atoms with E-state index in [0.717, 1.165) is 17.4 Å². The molecular weight excluding hydrogens is 213 g/mol. The molecule has 74 valence electrons. The predicted octanol–water partition coefficient (Wildman–Crippen LogP) is 1.10. The van der Waals surface area contributed by atoms with Crippen LogP contribution in [0.3, 0.4) is 0 Å². The molecule has 0 bridgehead atoms. The molecule has 1 rings (SSSR count). The monoisotopic (exact) mass is 223 g/mol. The number of nitrogens with two attached hydrogens (primary N) is 1. The molecule has 3 nitrogen and oxygen atoms in total. The first kappa shape index (κ1) is 10.8. The summed E-state index contributed by atoms with van der Waals surface area (Å²) in [7, 11) is -1.82. The second kappa shape index (κ2) is 3.45. The summed E-state index contributed by atoms with van der Waals surface area (Å²) in [4.78, 5) is 0.416. The number of thiophene rings is 1. The van der Waals surface area contributed by atoms with E-state index < -0.39 is 22.4 Å². The maximum absolute atomic E-state index is 13.0. The minimum Gasteiger partial charge on any atom is -0.385 e. The zero-order valence-electron chi connectivity index (χ0n) is 7.20. The molecule has 1 heterocycles. The average molecular weight is 223 g/mol. The van der Waals surface area contributed by atoms with Gasteiger partial charge in [-0.1, -0.05) is 0 Å². The fourth-order valence-electron chi connectivity index (χ4n) is 0.791. The van der Waals surface area contributed by atoms with E-state index in [4.69, 9.17) is 5.14 Å². The lowest BCUT2D eigenvalue weighted by atomic mass is 10.1. The largest absolute Gasteiger partial charge is 0.385 e. The Kier molecular flexibility index (Phi) is 2.86.